The summed E-state index contributed by atoms with van der Waals surface area (Å²) in [6, 6.07) is 14.3. The van der Waals surface area contributed by atoms with Crippen molar-refractivity contribution in [3.8, 4) is 11.1 Å². The normalized spacial score (nSPS) is 12.8. The highest BCUT2D eigenvalue weighted by Gasteiger charge is 2.17. The molecule has 2 rings (SSSR count). The molecule has 150 valence electrons. The number of halogens is 1. The van der Waals surface area contributed by atoms with E-state index in [1.165, 1.54) is 17.8 Å². The van der Waals surface area contributed by atoms with E-state index in [9.17, 15) is 24.6 Å². The summed E-state index contributed by atoms with van der Waals surface area (Å²) in [5, 5.41) is 18.7. The van der Waals surface area contributed by atoms with Crippen LogP contribution in [0.5, 0.6) is 0 Å². The van der Waals surface area contributed by atoms with Gasteiger partial charge in [-0.3, -0.25) is 0 Å². The van der Waals surface area contributed by atoms with Gasteiger partial charge in [-0.1, -0.05) is 49.4 Å². The molecular weight excluding hydrogens is 391 g/mol. The Morgan fingerprint density at radius 1 is 1.07 bits per heavy atom. The lowest BCUT2D eigenvalue weighted by Gasteiger charge is -2.16. The van der Waals surface area contributed by atoms with Crippen LogP contribution >= 0.6 is 11.8 Å². The van der Waals surface area contributed by atoms with Crippen molar-refractivity contribution < 1.29 is 24.2 Å². The van der Waals surface area contributed by atoms with Gasteiger partial charge in [-0.15, -0.1) is 20.2 Å². The lowest BCUT2D eigenvalue weighted by atomic mass is 9.98. The van der Waals surface area contributed by atoms with Crippen molar-refractivity contribution in [3.63, 3.8) is 0 Å². The summed E-state index contributed by atoms with van der Waals surface area (Å²) in [6.07, 6.45) is -1.06. The fourth-order valence-corrected chi connectivity index (χ4v) is 3.64. The Bertz CT molecular complexity index is 808. The predicted molar refractivity (Wildman–Crippen MR) is 102 cm³/mol. The minimum Gasteiger partial charge on any atom is -0.312 e. The first-order valence-corrected chi connectivity index (χ1v) is 9.53. The van der Waals surface area contributed by atoms with Crippen LogP contribution in [0.2, 0.25) is 0 Å². The number of thioether (sulfide) groups is 1. The maximum Gasteiger partial charge on any atom is 0.294 e. The Hall–Kier alpha value is -2.88. The van der Waals surface area contributed by atoms with Crippen LogP contribution in [-0.2, 0) is 9.68 Å². The Labute approximate surface area is 164 Å². The van der Waals surface area contributed by atoms with Gasteiger partial charge in [0.2, 0.25) is 0 Å². The highest BCUT2D eigenvalue weighted by molar-refractivity contribution is 7.99. The maximum atomic E-state index is 14.5. The molecule has 0 amide bonds. The van der Waals surface area contributed by atoms with Gasteiger partial charge in [0, 0.05) is 11.3 Å². The van der Waals surface area contributed by atoms with E-state index >= 15 is 0 Å². The molecule has 0 aliphatic heterocycles. The van der Waals surface area contributed by atoms with Crippen molar-refractivity contribution in [1.82, 2.24) is 0 Å². The quantitative estimate of drug-likeness (QED) is 0.405. The van der Waals surface area contributed by atoms with Gasteiger partial charge in [0.05, 0.1) is 0 Å². The smallest absolute Gasteiger partial charge is 0.294 e. The average molecular weight is 410 g/mol. The molecule has 2 aromatic rings. The molecule has 2 aromatic carbocycles. The summed E-state index contributed by atoms with van der Waals surface area (Å²) in [5.74, 6) is 0.302. The van der Waals surface area contributed by atoms with Crippen LogP contribution in [0.15, 0.2) is 48.5 Å². The van der Waals surface area contributed by atoms with Gasteiger partial charge < -0.3 is 9.68 Å². The number of hydrogen-bond donors (Lipinski definition) is 0. The fourth-order valence-electron chi connectivity index (χ4n) is 2.54. The molecule has 0 aliphatic carbocycles. The lowest BCUT2D eigenvalue weighted by Crippen LogP contribution is -2.27. The number of rotatable bonds is 11. The largest absolute Gasteiger partial charge is 0.312 e. The van der Waals surface area contributed by atoms with E-state index < -0.39 is 22.9 Å². The minimum atomic E-state index is -1.06. The first-order chi connectivity index (χ1) is 13.4. The molecule has 0 fully saturated rings. The molecule has 0 spiro atoms. The van der Waals surface area contributed by atoms with E-state index in [1.807, 2.05) is 43.3 Å². The lowest BCUT2D eigenvalue weighted by molar-refractivity contribution is -0.788. The first-order valence-electron chi connectivity index (χ1n) is 8.38. The topological polar surface area (TPSA) is 105 Å². The minimum absolute atomic E-state index is 0.0305. The van der Waals surface area contributed by atoms with Gasteiger partial charge in [0.1, 0.15) is 18.5 Å². The van der Waals surface area contributed by atoms with E-state index in [2.05, 4.69) is 9.68 Å². The van der Waals surface area contributed by atoms with E-state index in [-0.39, 0.29) is 17.5 Å². The van der Waals surface area contributed by atoms with E-state index in [0.29, 0.717) is 11.3 Å². The standard InChI is InChI=1S/C18H19FN2O6S/c1-13(11-28-12-16(27-21(24)25)10-26-20(22)23)15-7-8-17(18(19)9-15)14-5-3-2-4-6-14/h2-9,13,16H,10-12H2,1H3. The molecule has 0 aliphatic rings. The van der Waals surface area contributed by atoms with Gasteiger partial charge in [-0.25, -0.2) is 4.39 Å². The molecule has 0 bridgehead atoms. The van der Waals surface area contributed by atoms with Gasteiger partial charge in [0.15, 0.2) is 0 Å². The van der Waals surface area contributed by atoms with E-state index in [1.54, 1.807) is 6.07 Å². The van der Waals surface area contributed by atoms with Crippen molar-refractivity contribution in [2.75, 3.05) is 18.1 Å². The summed E-state index contributed by atoms with van der Waals surface area (Å²) < 4.78 is 14.5. The highest BCUT2D eigenvalue weighted by atomic mass is 32.2. The summed E-state index contributed by atoms with van der Waals surface area (Å²) in [5.41, 5.74) is 2.10. The van der Waals surface area contributed by atoms with Gasteiger partial charge >= 0.3 is 0 Å². The zero-order chi connectivity index (χ0) is 20.5. The second kappa shape index (κ2) is 10.5. The van der Waals surface area contributed by atoms with E-state index in [4.69, 9.17) is 0 Å². The molecule has 2 unspecified atom stereocenters. The monoisotopic (exact) mass is 410 g/mol. The summed E-state index contributed by atoms with van der Waals surface area (Å²) in [7, 11) is 0. The third kappa shape index (κ3) is 6.69. The molecule has 0 aromatic heterocycles. The Kier molecular flexibility index (Phi) is 8.00. The predicted octanol–water partition coefficient (Wildman–Crippen LogP) is 4.11. The van der Waals surface area contributed by atoms with Crippen LogP contribution in [0.1, 0.15) is 18.4 Å². The molecule has 0 saturated heterocycles. The van der Waals surface area contributed by atoms with Crippen molar-refractivity contribution >= 4 is 11.8 Å². The second-order valence-corrected chi connectivity index (χ2v) is 7.09. The fraction of sp³-hybridized carbons (Fsp3) is 0.333. The molecular formula is C18H19FN2O6S. The second-order valence-electron chi connectivity index (χ2n) is 6.01. The number of hydrogen-bond acceptors (Lipinski definition) is 7. The zero-order valence-corrected chi connectivity index (χ0v) is 15.8. The Morgan fingerprint density at radius 3 is 2.39 bits per heavy atom. The van der Waals surface area contributed by atoms with Crippen molar-refractivity contribution in [2.24, 2.45) is 0 Å². The van der Waals surface area contributed by atoms with Crippen molar-refractivity contribution in [1.29, 1.82) is 0 Å². The first kappa shape index (κ1) is 21.4. The average Bonchev–Trinajstić information content (AvgIpc) is 2.66. The molecule has 28 heavy (non-hydrogen) atoms. The Balaban J connectivity index is 1.93. The number of nitrogens with zero attached hydrogens (tertiary/aromatic N) is 2. The molecule has 0 saturated carbocycles. The summed E-state index contributed by atoms with van der Waals surface area (Å²) >= 11 is 1.31. The molecule has 0 N–H and O–H groups in total. The van der Waals surface area contributed by atoms with Gasteiger partial charge in [-0.2, -0.15) is 11.8 Å². The molecule has 0 heterocycles. The van der Waals surface area contributed by atoms with Crippen LogP contribution in [-0.4, -0.2) is 34.4 Å². The molecule has 10 heteroatoms. The molecule has 0 radical (unpaired) electrons. The van der Waals surface area contributed by atoms with Crippen LogP contribution in [0.4, 0.5) is 4.39 Å². The van der Waals surface area contributed by atoms with Crippen molar-refractivity contribution in [2.45, 2.75) is 18.9 Å². The SMILES string of the molecule is CC(CSCC(CO[N+](=O)[O-])O[N+](=O)[O-])c1ccc(-c2ccccc2)c(F)c1. The van der Waals surface area contributed by atoms with Crippen LogP contribution in [0.3, 0.4) is 0 Å². The van der Waals surface area contributed by atoms with Crippen molar-refractivity contribution in [3.05, 3.63) is 80.1 Å². The number of benzene rings is 2. The zero-order valence-electron chi connectivity index (χ0n) is 15.0. The summed E-state index contributed by atoms with van der Waals surface area (Å²) in [6.45, 7) is 1.37. The highest BCUT2D eigenvalue weighted by Crippen LogP contribution is 2.28. The van der Waals surface area contributed by atoms with Gasteiger partial charge in [0.25, 0.3) is 10.2 Å². The van der Waals surface area contributed by atoms with Crippen LogP contribution in [0.25, 0.3) is 11.1 Å². The molecule has 2 atom stereocenters. The van der Waals surface area contributed by atoms with Gasteiger partial charge in [-0.05, 0) is 28.9 Å². The maximum absolute atomic E-state index is 14.5. The summed E-state index contributed by atoms with van der Waals surface area (Å²) in [4.78, 5) is 29.2. The van der Waals surface area contributed by atoms with Crippen LogP contribution in [0, 0.1) is 26.0 Å². The van der Waals surface area contributed by atoms with Crippen LogP contribution < -0.4 is 0 Å². The third-order valence-corrected chi connectivity index (χ3v) is 5.26. The van der Waals surface area contributed by atoms with E-state index in [0.717, 1.165) is 11.1 Å². The third-order valence-electron chi connectivity index (χ3n) is 3.92. The molecule has 8 nitrogen and oxygen atoms in total. The Morgan fingerprint density at radius 2 is 1.79 bits per heavy atom.